The summed E-state index contributed by atoms with van der Waals surface area (Å²) in [5, 5.41) is -0.350. The average molecular weight is 295 g/mol. The summed E-state index contributed by atoms with van der Waals surface area (Å²) in [5.41, 5.74) is 0.734. The Balaban J connectivity index is 3.00. The van der Waals surface area contributed by atoms with Crippen molar-refractivity contribution in [3.63, 3.8) is 0 Å². The maximum absolute atomic E-state index is 11.7. The lowest BCUT2D eigenvalue weighted by molar-refractivity contribution is 0.583. The molecular formula is C9H15BrN2O2S. The zero-order chi connectivity index (χ0) is 11.6. The van der Waals surface area contributed by atoms with E-state index in [9.17, 15) is 8.42 Å². The number of halogens is 1. The van der Waals surface area contributed by atoms with E-state index in [1.807, 2.05) is 11.5 Å². The molecule has 86 valence electrons. The van der Waals surface area contributed by atoms with E-state index in [0.717, 1.165) is 5.69 Å². The summed E-state index contributed by atoms with van der Waals surface area (Å²) in [6, 6.07) is 0. The van der Waals surface area contributed by atoms with E-state index in [-0.39, 0.29) is 11.0 Å². The van der Waals surface area contributed by atoms with Crippen LogP contribution in [0.1, 0.15) is 26.5 Å². The van der Waals surface area contributed by atoms with Crippen molar-refractivity contribution >= 4 is 25.8 Å². The molecule has 0 amide bonds. The van der Waals surface area contributed by atoms with E-state index in [1.54, 1.807) is 20.0 Å². The first kappa shape index (κ1) is 12.7. The van der Waals surface area contributed by atoms with Gasteiger partial charge in [-0.2, -0.15) is 0 Å². The van der Waals surface area contributed by atoms with E-state index < -0.39 is 9.84 Å². The van der Waals surface area contributed by atoms with Crippen LogP contribution in [0.4, 0.5) is 0 Å². The van der Waals surface area contributed by atoms with Crippen LogP contribution in [0, 0.1) is 0 Å². The largest absolute Gasteiger partial charge is 0.322 e. The molecule has 0 bridgehead atoms. The highest BCUT2D eigenvalue weighted by atomic mass is 79.9. The molecule has 0 aromatic carbocycles. The van der Waals surface area contributed by atoms with Crippen LogP contribution in [0.5, 0.6) is 0 Å². The quantitative estimate of drug-likeness (QED) is 0.853. The first-order chi connectivity index (χ1) is 6.88. The van der Waals surface area contributed by atoms with E-state index in [4.69, 9.17) is 0 Å². The standard InChI is InChI=1S/C9H15BrN2O2S/c1-4-12-8(5-11-9(12)10)6-15(13,14)7(2)3/h5,7H,4,6H2,1-3H3. The molecule has 0 radical (unpaired) electrons. The van der Waals surface area contributed by atoms with Gasteiger partial charge in [0.25, 0.3) is 0 Å². The molecule has 1 heterocycles. The fourth-order valence-corrected chi connectivity index (χ4v) is 2.76. The number of aromatic nitrogens is 2. The highest BCUT2D eigenvalue weighted by molar-refractivity contribution is 9.10. The van der Waals surface area contributed by atoms with Crippen molar-refractivity contribution in [3.8, 4) is 0 Å². The Morgan fingerprint density at radius 1 is 1.53 bits per heavy atom. The molecule has 1 aromatic heterocycles. The second-order valence-corrected chi connectivity index (χ2v) is 6.89. The van der Waals surface area contributed by atoms with Gasteiger partial charge in [0, 0.05) is 6.54 Å². The molecule has 1 rings (SSSR count). The van der Waals surface area contributed by atoms with Crippen molar-refractivity contribution in [1.29, 1.82) is 0 Å². The highest BCUT2D eigenvalue weighted by Crippen LogP contribution is 2.16. The molecule has 0 N–H and O–H groups in total. The minimum absolute atomic E-state index is 0.0527. The topological polar surface area (TPSA) is 52.0 Å². The third-order valence-corrected chi connectivity index (χ3v) is 5.04. The lowest BCUT2D eigenvalue weighted by Gasteiger charge is -2.09. The van der Waals surface area contributed by atoms with Crippen molar-refractivity contribution < 1.29 is 8.42 Å². The lowest BCUT2D eigenvalue weighted by atomic mass is 10.5. The monoisotopic (exact) mass is 294 g/mol. The highest BCUT2D eigenvalue weighted by Gasteiger charge is 2.19. The zero-order valence-electron chi connectivity index (χ0n) is 9.07. The van der Waals surface area contributed by atoms with Gasteiger partial charge in [0.1, 0.15) is 0 Å². The molecule has 0 saturated carbocycles. The van der Waals surface area contributed by atoms with E-state index in [2.05, 4.69) is 20.9 Å². The Hall–Kier alpha value is -0.360. The molecule has 0 atom stereocenters. The fraction of sp³-hybridized carbons (Fsp3) is 0.667. The second kappa shape index (κ2) is 4.65. The Labute approximate surface area is 98.8 Å². The molecule has 0 unspecified atom stereocenters. The van der Waals surface area contributed by atoms with Crippen LogP contribution < -0.4 is 0 Å². The maximum Gasteiger partial charge on any atom is 0.177 e. The molecule has 0 spiro atoms. The summed E-state index contributed by atoms with van der Waals surface area (Å²) in [6.45, 7) is 6.05. The van der Waals surface area contributed by atoms with Crippen LogP contribution in [-0.4, -0.2) is 23.2 Å². The molecule has 6 heteroatoms. The van der Waals surface area contributed by atoms with Gasteiger partial charge in [-0.25, -0.2) is 13.4 Å². The summed E-state index contributed by atoms with van der Waals surface area (Å²) in [4.78, 5) is 4.05. The summed E-state index contributed by atoms with van der Waals surface area (Å²) >= 11 is 3.28. The van der Waals surface area contributed by atoms with Crippen LogP contribution in [0.2, 0.25) is 0 Å². The molecular weight excluding hydrogens is 280 g/mol. The first-order valence-corrected chi connectivity index (χ1v) is 7.30. The van der Waals surface area contributed by atoms with Gasteiger partial charge in [0.05, 0.1) is 22.9 Å². The van der Waals surface area contributed by atoms with E-state index in [0.29, 0.717) is 11.3 Å². The average Bonchev–Trinajstić information content (AvgIpc) is 2.45. The number of hydrogen-bond acceptors (Lipinski definition) is 3. The van der Waals surface area contributed by atoms with Gasteiger partial charge in [0.2, 0.25) is 0 Å². The summed E-state index contributed by atoms with van der Waals surface area (Å²) in [6.07, 6.45) is 1.60. The smallest absolute Gasteiger partial charge is 0.177 e. The number of nitrogens with zero attached hydrogens (tertiary/aromatic N) is 2. The molecule has 1 aromatic rings. The molecule has 0 saturated heterocycles. The normalized spacial score (nSPS) is 12.3. The van der Waals surface area contributed by atoms with Crippen LogP contribution in [0.3, 0.4) is 0 Å². The van der Waals surface area contributed by atoms with Crippen LogP contribution in [0.25, 0.3) is 0 Å². The Kier molecular flexibility index (Phi) is 3.94. The number of imidazole rings is 1. The molecule has 0 aliphatic carbocycles. The second-order valence-electron chi connectivity index (χ2n) is 3.62. The van der Waals surface area contributed by atoms with E-state index >= 15 is 0 Å². The third kappa shape index (κ3) is 2.81. The van der Waals surface area contributed by atoms with Crippen molar-refractivity contribution in [2.24, 2.45) is 0 Å². The van der Waals surface area contributed by atoms with Crippen LogP contribution in [-0.2, 0) is 22.1 Å². The summed E-state index contributed by atoms with van der Waals surface area (Å²) < 4.78 is 26.0. The predicted molar refractivity (Wildman–Crippen MR) is 63.4 cm³/mol. The summed E-state index contributed by atoms with van der Waals surface area (Å²) in [5.74, 6) is 0.0527. The third-order valence-electron chi connectivity index (χ3n) is 2.27. The Morgan fingerprint density at radius 2 is 2.13 bits per heavy atom. The number of rotatable bonds is 4. The Bertz CT molecular complexity index is 437. The van der Waals surface area contributed by atoms with Gasteiger partial charge in [-0.3, -0.25) is 0 Å². The molecule has 0 aliphatic heterocycles. The van der Waals surface area contributed by atoms with Crippen molar-refractivity contribution in [2.75, 3.05) is 0 Å². The van der Waals surface area contributed by atoms with Gasteiger partial charge in [-0.1, -0.05) is 0 Å². The lowest BCUT2D eigenvalue weighted by Crippen LogP contribution is -2.18. The minimum Gasteiger partial charge on any atom is -0.322 e. The fourth-order valence-electron chi connectivity index (χ4n) is 1.21. The van der Waals surface area contributed by atoms with Gasteiger partial charge in [0.15, 0.2) is 14.6 Å². The SMILES string of the molecule is CCn1c(CS(=O)(=O)C(C)C)cnc1Br. The molecule has 4 nitrogen and oxygen atoms in total. The van der Waals surface area contributed by atoms with Crippen LogP contribution >= 0.6 is 15.9 Å². The van der Waals surface area contributed by atoms with Gasteiger partial charge < -0.3 is 4.57 Å². The first-order valence-electron chi connectivity index (χ1n) is 4.80. The predicted octanol–water partition coefficient (Wildman–Crippen LogP) is 1.99. The van der Waals surface area contributed by atoms with Crippen molar-refractivity contribution in [1.82, 2.24) is 9.55 Å². The molecule has 0 aliphatic rings. The number of hydrogen-bond donors (Lipinski definition) is 0. The Morgan fingerprint density at radius 3 is 2.60 bits per heavy atom. The molecule has 15 heavy (non-hydrogen) atoms. The van der Waals surface area contributed by atoms with Gasteiger partial charge >= 0.3 is 0 Å². The van der Waals surface area contributed by atoms with Gasteiger partial charge in [-0.15, -0.1) is 0 Å². The minimum atomic E-state index is -3.05. The van der Waals surface area contributed by atoms with E-state index in [1.165, 1.54) is 0 Å². The summed E-state index contributed by atoms with van der Waals surface area (Å²) in [7, 11) is -3.05. The zero-order valence-corrected chi connectivity index (χ0v) is 11.5. The number of sulfone groups is 1. The van der Waals surface area contributed by atoms with Crippen LogP contribution in [0.15, 0.2) is 10.9 Å². The van der Waals surface area contributed by atoms with Crippen molar-refractivity contribution in [3.05, 3.63) is 16.6 Å². The maximum atomic E-state index is 11.7. The van der Waals surface area contributed by atoms with Crippen molar-refractivity contribution in [2.45, 2.75) is 38.3 Å². The molecule has 0 fully saturated rings. The van der Waals surface area contributed by atoms with Gasteiger partial charge in [-0.05, 0) is 36.7 Å².